The minimum absolute atomic E-state index is 0.110. The third-order valence-electron chi connectivity index (χ3n) is 2.25. The molecule has 0 saturated heterocycles. The van der Waals surface area contributed by atoms with Crippen LogP contribution in [0.15, 0.2) is 12.2 Å². The van der Waals surface area contributed by atoms with E-state index in [4.69, 9.17) is 0 Å². The van der Waals surface area contributed by atoms with E-state index in [0.717, 1.165) is 19.3 Å². The molecule has 0 saturated carbocycles. The van der Waals surface area contributed by atoms with E-state index in [2.05, 4.69) is 19.9 Å². The fraction of sp³-hybridized carbons (Fsp3) is 0.818. The Labute approximate surface area is 76.5 Å². The van der Waals surface area contributed by atoms with Crippen LogP contribution in [-0.4, -0.2) is 11.2 Å². The van der Waals surface area contributed by atoms with Crippen LogP contribution in [0.25, 0.3) is 0 Å². The average Bonchev–Trinajstić information content (AvgIpc) is 2.10. The first-order valence-corrected chi connectivity index (χ1v) is 5.01. The van der Waals surface area contributed by atoms with E-state index in [9.17, 15) is 5.11 Å². The van der Waals surface area contributed by atoms with Crippen molar-refractivity contribution in [3.8, 4) is 0 Å². The van der Waals surface area contributed by atoms with E-state index in [-0.39, 0.29) is 6.10 Å². The number of hydrogen-bond donors (Lipinski definition) is 1. The largest absolute Gasteiger partial charge is 0.393 e. The van der Waals surface area contributed by atoms with Crippen molar-refractivity contribution in [2.24, 2.45) is 5.92 Å². The minimum Gasteiger partial charge on any atom is -0.393 e. The number of aliphatic hydroxyl groups is 1. The van der Waals surface area contributed by atoms with Crippen LogP contribution < -0.4 is 0 Å². The lowest BCUT2D eigenvalue weighted by Crippen LogP contribution is -2.16. The highest BCUT2D eigenvalue weighted by atomic mass is 16.3. The van der Waals surface area contributed by atoms with Gasteiger partial charge in [0, 0.05) is 0 Å². The number of rotatable bonds is 6. The van der Waals surface area contributed by atoms with Crippen LogP contribution in [0.3, 0.4) is 0 Å². The molecular weight excluding hydrogens is 148 g/mol. The smallest absolute Gasteiger partial charge is 0.0568 e. The monoisotopic (exact) mass is 170 g/mol. The summed E-state index contributed by atoms with van der Waals surface area (Å²) >= 11 is 0. The molecule has 1 nitrogen and oxygen atoms in total. The maximum absolute atomic E-state index is 9.64. The second-order valence-corrected chi connectivity index (χ2v) is 3.49. The summed E-state index contributed by atoms with van der Waals surface area (Å²) in [5.74, 6) is 0.410. The molecule has 0 aliphatic carbocycles. The summed E-state index contributed by atoms with van der Waals surface area (Å²) < 4.78 is 0. The molecule has 12 heavy (non-hydrogen) atoms. The summed E-state index contributed by atoms with van der Waals surface area (Å²) in [5, 5.41) is 9.64. The normalized spacial score (nSPS) is 16.7. The van der Waals surface area contributed by atoms with Crippen molar-refractivity contribution in [1.82, 2.24) is 0 Å². The molecule has 0 amide bonds. The van der Waals surface area contributed by atoms with Crippen LogP contribution in [0, 0.1) is 5.92 Å². The van der Waals surface area contributed by atoms with Gasteiger partial charge in [0.25, 0.3) is 0 Å². The first kappa shape index (κ1) is 11.7. The Kier molecular flexibility index (Phi) is 7.17. The van der Waals surface area contributed by atoms with Crippen LogP contribution >= 0.6 is 0 Å². The third-order valence-corrected chi connectivity index (χ3v) is 2.25. The van der Waals surface area contributed by atoms with Crippen LogP contribution in [0.5, 0.6) is 0 Å². The molecule has 0 aliphatic rings. The Hall–Kier alpha value is -0.300. The van der Waals surface area contributed by atoms with E-state index in [1.54, 1.807) is 0 Å². The van der Waals surface area contributed by atoms with Gasteiger partial charge in [-0.3, -0.25) is 0 Å². The predicted octanol–water partition coefficient (Wildman–Crippen LogP) is 3.14. The third kappa shape index (κ3) is 5.36. The van der Waals surface area contributed by atoms with Crippen LogP contribution in [-0.2, 0) is 0 Å². The van der Waals surface area contributed by atoms with Gasteiger partial charge in [-0.25, -0.2) is 0 Å². The predicted molar refractivity (Wildman–Crippen MR) is 54.1 cm³/mol. The van der Waals surface area contributed by atoms with Gasteiger partial charge in [0.2, 0.25) is 0 Å². The van der Waals surface area contributed by atoms with Crippen molar-refractivity contribution < 1.29 is 5.11 Å². The molecule has 0 spiro atoms. The minimum atomic E-state index is -0.110. The fourth-order valence-corrected chi connectivity index (χ4v) is 1.21. The molecular formula is C11H22O. The summed E-state index contributed by atoms with van der Waals surface area (Å²) in [7, 11) is 0. The second-order valence-electron chi connectivity index (χ2n) is 3.49. The summed E-state index contributed by atoms with van der Waals surface area (Å²) in [6.07, 6.45) is 8.33. The van der Waals surface area contributed by atoms with Gasteiger partial charge in [-0.15, -0.1) is 0 Å². The van der Waals surface area contributed by atoms with Crippen molar-refractivity contribution in [1.29, 1.82) is 0 Å². The van der Waals surface area contributed by atoms with E-state index in [0.29, 0.717) is 5.92 Å². The topological polar surface area (TPSA) is 20.2 Å². The van der Waals surface area contributed by atoms with E-state index in [1.807, 2.05) is 13.0 Å². The summed E-state index contributed by atoms with van der Waals surface area (Å²) in [6.45, 7) is 6.29. The first-order chi connectivity index (χ1) is 5.72. The van der Waals surface area contributed by atoms with Gasteiger partial charge in [0.15, 0.2) is 0 Å². The molecule has 0 aromatic carbocycles. The molecule has 0 rings (SSSR count). The number of aliphatic hydroxyl groups excluding tert-OH is 1. The highest BCUT2D eigenvalue weighted by molar-refractivity contribution is 4.81. The van der Waals surface area contributed by atoms with E-state index >= 15 is 0 Å². The first-order valence-electron chi connectivity index (χ1n) is 5.01. The zero-order valence-corrected chi connectivity index (χ0v) is 8.59. The van der Waals surface area contributed by atoms with E-state index < -0.39 is 0 Å². The van der Waals surface area contributed by atoms with Gasteiger partial charge in [-0.1, -0.05) is 38.8 Å². The van der Waals surface area contributed by atoms with Crippen molar-refractivity contribution >= 4 is 0 Å². The molecule has 0 aromatic rings. The second kappa shape index (κ2) is 7.35. The number of allylic oxidation sites excluding steroid dienone is 2. The standard InChI is InChI=1S/C11H22O/c1-4-6-8-10(3)11(12)9-7-5-2/h4,6,10-12H,5,7-9H2,1-3H3/b6-4+/t10-,11+/m1/s1. The Morgan fingerprint density at radius 3 is 2.58 bits per heavy atom. The maximum Gasteiger partial charge on any atom is 0.0568 e. The highest BCUT2D eigenvalue weighted by Gasteiger charge is 2.11. The lowest BCUT2D eigenvalue weighted by molar-refractivity contribution is 0.106. The van der Waals surface area contributed by atoms with Gasteiger partial charge >= 0.3 is 0 Å². The highest BCUT2D eigenvalue weighted by Crippen LogP contribution is 2.14. The Bertz CT molecular complexity index is 118. The average molecular weight is 170 g/mol. The summed E-state index contributed by atoms with van der Waals surface area (Å²) in [5.41, 5.74) is 0. The fourth-order valence-electron chi connectivity index (χ4n) is 1.21. The van der Waals surface area contributed by atoms with Gasteiger partial charge in [0.05, 0.1) is 6.10 Å². The molecule has 0 bridgehead atoms. The van der Waals surface area contributed by atoms with Crippen molar-refractivity contribution in [2.45, 2.75) is 52.6 Å². The molecule has 0 fully saturated rings. The zero-order chi connectivity index (χ0) is 9.40. The molecule has 2 atom stereocenters. The molecule has 0 aliphatic heterocycles. The van der Waals surface area contributed by atoms with Crippen LogP contribution in [0.1, 0.15) is 46.5 Å². The molecule has 0 radical (unpaired) electrons. The summed E-state index contributed by atoms with van der Waals surface area (Å²) in [4.78, 5) is 0. The molecule has 0 heterocycles. The Balaban J connectivity index is 3.53. The Morgan fingerprint density at radius 2 is 2.08 bits per heavy atom. The molecule has 0 aromatic heterocycles. The van der Waals surface area contributed by atoms with Crippen molar-refractivity contribution in [2.75, 3.05) is 0 Å². The molecule has 1 N–H and O–H groups in total. The zero-order valence-electron chi connectivity index (χ0n) is 8.59. The van der Waals surface area contributed by atoms with Crippen molar-refractivity contribution in [3.63, 3.8) is 0 Å². The summed E-state index contributed by atoms with van der Waals surface area (Å²) in [6, 6.07) is 0. The van der Waals surface area contributed by atoms with E-state index in [1.165, 1.54) is 6.42 Å². The number of unbranched alkanes of at least 4 members (excludes halogenated alkanes) is 1. The van der Waals surface area contributed by atoms with Gasteiger partial charge in [0.1, 0.15) is 0 Å². The van der Waals surface area contributed by atoms with Crippen LogP contribution in [0.2, 0.25) is 0 Å². The van der Waals surface area contributed by atoms with Crippen LogP contribution in [0.4, 0.5) is 0 Å². The van der Waals surface area contributed by atoms with Gasteiger partial charge in [-0.05, 0) is 25.7 Å². The Morgan fingerprint density at radius 1 is 1.42 bits per heavy atom. The van der Waals surface area contributed by atoms with Gasteiger partial charge in [-0.2, -0.15) is 0 Å². The lowest BCUT2D eigenvalue weighted by atomic mass is 9.96. The SMILES string of the molecule is C/C=C/C[C@@H](C)[C@@H](O)CCCC. The maximum atomic E-state index is 9.64. The van der Waals surface area contributed by atoms with Gasteiger partial charge < -0.3 is 5.11 Å². The molecule has 72 valence electrons. The molecule has 1 heteroatoms. The quantitative estimate of drug-likeness (QED) is 0.607. The molecule has 0 unspecified atom stereocenters. The number of hydrogen-bond acceptors (Lipinski definition) is 1. The lowest BCUT2D eigenvalue weighted by Gasteiger charge is -2.16. The van der Waals surface area contributed by atoms with Crippen molar-refractivity contribution in [3.05, 3.63) is 12.2 Å².